The lowest BCUT2D eigenvalue weighted by atomic mass is 10.3. The Hall–Kier alpha value is -2.15. The average molecular weight is 275 g/mol. The standard InChI is InChI=1S/C6H5ClN2O2.C4H6O3/c7-5-3-4(9(10)11)1-2-6(5)8;1-3(5)2-4(6)7/h1-3H,8H2;2H2,1H3,(H,6,7). The van der Waals surface area contributed by atoms with Crippen LogP contribution in [0.4, 0.5) is 11.4 Å². The van der Waals surface area contributed by atoms with Crippen LogP contribution in [0.15, 0.2) is 18.2 Å². The van der Waals surface area contributed by atoms with Crippen LogP contribution in [-0.2, 0) is 9.59 Å². The van der Waals surface area contributed by atoms with E-state index in [1.807, 2.05) is 0 Å². The number of hydrogen-bond donors (Lipinski definition) is 2. The number of halogens is 1. The maximum absolute atomic E-state index is 10.2. The Morgan fingerprint density at radius 1 is 1.50 bits per heavy atom. The summed E-state index contributed by atoms with van der Waals surface area (Å²) < 4.78 is 0. The van der Waals surface area contributed by atoms with Crippen molar-refractivity contribution in [1.82, 2.24) is 0 Å². The normalized spacial score (nSPS) is 9.00. The van der Waals surface area contributed by atoms with Crippen LogP contribution < -0.4 is 5.73 Å². The number of carbonyl (C=O) groups excluding carboxylic acids is 1. The summed E-state index contributed by atoms with van der Waals surface area (Å²) in [5.74, 6) is -1.37. The van der Waals surface area contributed by atoms with Crippen molar-refractivity contribution in [2.24, 2.45) is 0 Å². The molecule has 18 heavy (non-hydrogen) atoms. The number of nitro groups is 1. The zero-order valence-electron chi connectivity index (χ0n) is 9.42. The van der Waals surface area contributed by atoms with Gasteiger partial charge in [-0.2, -0.15) is 0 Å². The minimum atomic E-state index is -1.06. The Kier molecular flexibility index (Phi) is 6.37. The third kappa shape index (κ3) is 6.44. The number of rotatable bonds is 3. The molecular weight excluding hydrogens is 264 g/mol. The maximum atomic E-state index is 10.2. The number of carbonyl (C=O) groups is 2. The van der Waals surface area contributed by atoms with Gasteiger partial charge in [0.2, 0.25) is 0 Å². The Morgan fingerprint density at radius 3 is 2.33 bits per heavy atom. The van der Waals surface area contributed by atoms with E-state index in [2.05, 4.69) is 0 Å². The molecule has 98 valence electrons. The van der Waals surface area contributed by atoms with Gasteiger partial charge in [-0.05, 0) is 13.0 Å². The molecule has 0 saturated heterocycles. The minimum Gasteiger partial charge on any atom is -0.481 e. The second-order valence-corrected chi connectivity index (χ2v) is 3.64. The first-order chi connectivity index (χ1) is 8.23. The third-order valence-corrected chi connectivity index (χ3v) is 1.92. The van der Waals surface area contributed by atoms with Crippen molar-refractivity contribution in [2.45, 2.75) is 13.3 Å². The van der Waals surface area contributed by atoms with Crippen LogP contribution in [0.1, 0.15) is 13.3 Å². The van der Waals surface area contributed by atoms with E-state index in [0.717, 1.165) is 0 Å². The number of aliphatic carboxylic acids is 1. The summed E-state index contributed by atoms with van der Waals surface area (Å²) in [4.78, 5) is 29.1. The largest absolute Gasteiger partial charge is 0.481 e. The summed E-state index contributed by atoms with van der Waals surface area (Å²) >= 11 is 5.53. The number of Topliss-reactive ketones (excluding diaryl/α,β-unsaturated/α-hetero) is 1. The molecule has 0 radical (unpaired) electrons. The highest BCUT2D eigenvalue weighted by molar-refractivity contribution is 6.33. The van der Waals surface area contributed by atoms with Crippen LogP contribution in [0, 0.1) is 10.1 Å². The summed E-state index contributed by atoms with van der Waals surface area (Å²) in [6.07, 6.45) is -0.361. The van der Waals surface area contributed by atoms with Crippen LogP contribution in [-0.4, -0.2) is 21.8 Å². The topological polar surface area (TPSA) is 124 Å². The summed E-state index contributed by atoms with van der Waals surface area (Å²) in [5, 5.41) is 18.2. The van der Waals surface area contributed by atoms with Crippen molar-refractivity contribution in [3.63, 3.8) is 0 Å². The Balaban J connectivity index is 0.000000360. The number of nitrogen functional groups attached to an aromatic ring is 1. The van der Waals surface area contributed by atoms with Crippen molar-refractivity contribution in [3.8, 4) is 0 Å². The van der Waals surface area contributed by atoms with Crippen LogP contribution in [0.25, 0.3) is 0 Å². The SMILES string of the molecule is CC(=O)CC(=O)O.Nc1ccc([N+](=O)[O-])cc1Cl. The number of nitro benzene ring substituents is 1. The van der Waals surface area contributed by atoms with Gasteiger partial charge in [-0.1, -0.05) is 11.6 Å². The molecule has 0 unspecified atom stereocenters. The quantitative estimate of drug-likeness (QED) is 0.375. The Bertz CT molecular complexity index is 463. The molecular formula is C10H11ClN2O5. The van der Waals surface area contributed by atoms with Gasteiger partial charge >= 0.3 is 5.97 Å². The number of ketones is 1. The van der Waals surface area contributed by atoms with Crippen molar-refractivity contribution >= 4 is 34.7 Å². The van der Waals surface area contributed by atoms with Crippen LogP contribution in [0.2, 0.25) is 5.02 Å². The number of non-ortho nitro benzene ring substituents is 1. The van der Waals surface area contributed by atoms with E-state index in [-0.39, 0.29) is 22.9 Å². The third-order valence-electron chi connectivity index (χ3n) is 1.60. The summed E-state index contributed by atoms with van der Waals surface area (Å²) in [6, 6.07) is 3.93. The number of nitrogens with two attached hydrogens (primary N) is 1. The number of carboxylic acids is 1. The molecule has 1 aromatic carbocycles. The molecule has 0 fully saturated rings. The minimum absolute atomic E-state index is 0.0517. The van der Waals surface area contributed by atoms with E-state index in [1.54, 1.807) is 0 Å². The number of hydrogen-bond acceptors (Lipinski definition) is 5. The molecule has 8 heteroatoms. The highest BCUT2D eigenvalue weighted by Gasteiger charge is 2.06. The van der Waals surface area contributed by atoms with Gasteiger partial charge in [0.15, 0.2) is 0 Å². The fourth-order valence-corrected chi connectivity index (χ4v) is 1.02. The van der Waals surface area contributed by atoms with E-state index in [4.69, 9.17) is 22.4 Å². The highest BCUT2D eigenvalue weighted by atomic mass is 35.5. The molecule has 0 aromatic heterocycles. The highest BCUT2D eigenvalue weighted by Crippen LogP contribution is 2.23. The van der Waals surface area contributed by atoms with Crippen molar-refractivity contribution in [3.05, 3.63) is 33.3 Å². The van der Waals surface area contributed by atoms with Gasteiger partial charge in [0.25, 0.3) is 5.69 Å². The number of carboxylic acid groups (broad SMARTS) is 1. The van der Waals surface area contributed by atoms with E-state index in [1.165, 1.54) is 25.1 Å². The molecule has 0 aliphatic rings. The zero-order chi connectivity index (χ0) is 14.3. The summed E-state index contributed by atoms with van der Waals surface area (Å²) in [5.41, 5.74) is 5.63. The number of nitrogens with zero attached hydrogens (tertiary/aromatic N) is 1. The molecule has 7 nitrogen and oxygen atoms in total. The fraction of sp³-hybridized carbons (Fsp3) is 0.200. The zero-order valence-corrected chi connectivity index (χ0v) is 10.2. The van der Waals surface area contributed by atoms with Gasteiger partial charge in [-0.15, -0.1) is 0 Å². The second-order valence-electron chi connectivity index (χ2n) is 3.24. The summed E-state index contributed by atoms with van der Waals surface area (Å²) in [6.45, 7) is 1.24. The molecule has 0 heterocycles. The molecule has 0 atom stereocenters. The first-order valence-corrected chi connectivity index (χ1v) is 5.02. The van der Waals surface area contributed by atoms with Gasteiger partial charge in [0, 0.05) is 12.1 Å². The molecule has 0 spiro atoms. The molecule has 0 bridgehead atoms. The van der Waals surface area contributed by atoms with Crippen LogP contribution in [0.5, 0.6) is 0 Å². The van der Waals surface area contributed by atoms with Crippen molar-refractivity contribution in [2.75, 3.05) is 5.73 Å². The molecule has 0 aliphatic carbocycles. The maximum Gasteiger partial charge on any atom is 0.310 e. The lowest BCUT2D eigenvalue weighted by Crippen LogP contribution is -2.00. The molecule has 1 rings (SSSR count). The van der Waals surface area contributed by atoms with Crippen molar-refractivity contribution in [1.29, 1.82) is 0 Å². The Labute approximate surface area is 107 Å². The smallest absolute Gasteiger partial charge is 0.310 e. The molecule has 3 N–H and O–H groups in total. The first kappa shape index (κ1) is 15.9. The van der Waals surface area contributed by atoms with Gasteiger partial charge in [-0.25, -0.2) is 0 Å². The first-order valence-electron chi connectivity index (χ1n) is 4.64. The molecule has 0 aliphatic heterocycles. The van der Waals surface area contributed by atoms with Gasteiger partial charge in [0.05, 0.1) is 15.6 Å². The van der Waals surface area contributed by atoms with Gasteiger partial charge in [0.1, 0.15) is 12.2 Å². The molecule has 0 saturated carbocycles. The van der Waals surface area contributed by atoms with E-state index in [9.17, 15) is 19.7 Å². The lowest BCUT2D eigenvalue weighted by Gasteiger charge is -1.95. The molecule has 1 aromatic rings. The lowest BCUT2D eigenvalue weighted by molar-refractivity contribution is -0.384. The Morgan fingerprint density at radius 2 is 2.06 bits per heavy atom. The fourth-order valence-electron chi connectivity index (χ4n) is 0.843. The van der Waals surface area contributed by atoms with Crippen LogP contribution in [0.3, 0.4) is 0 Å². The monoisotopic (exact) mass is 274 g/mol. The van der Waals surface area contributed by atoms with Crippen molar-refractivity contribution < 1.29 is 19.6 Å². The second kappa shape index (κ2) is 7.23. The number of benzene rings is 1. The van der Waals surface area contributed by atoms with Gasteiger partial charge in [-0.3, -0.25) is 19.7 Å². The van der Waals surface area contributed by atoms with E-state index in [0.29, 0.717) is 5.69 Å². The average Bonchev–Trinajstić information content (AvgIpc) is 2.20. The van der Waals surface area contributed by atoms with E-state index < -0.39 is 10.9 Å². The summed E-state index contributed by atoms with van der Waals surface area (Å²) in [7, 11) is 0. The van der Waals surface area contributed by atoms with Crippen LogP contribution >= 0.6 is 11.6 Å². The van der Waals surface area contributed by atoms with E-state index >= 15 is 0 Å². The predicted octanol–water partition coefficient (Wildman–Crippen LogP) is 1.88. The number of anilines is 1. The van der Waals surface area contributed by atoms with Gasteiger partial charge < -0.3 is 10.8 Å². The predicted molar refractivity (Wildman–Crippen MR) is 65.5 cm³/mol. The molecule has 0 amide bonds.